The molecule has 0 radical (unpaired) electrons. The fraction of sp³-hybridized carbons (Fsp3) is 0.364. The van der Waals surface area contributed by atoms with E-state index in [9.17, 15) is 9.18 Å². The van der Waals surface area contributed by atoms with Gasteiger partial charge in [-0.15, -0.1) is 0 Å². The third-order valence-electron chi connectivity index (χ3n) is 1.79. The average Bonchev–Trinajstić information content (AvgIpc) is 2.08. The summed E-state index contributed by atoms with van der Waals surface area (Å²) >= 11 is 0. The molecule has 2 N–H and O–H groups in total. The topological polar surface area (TPSA) is 41.1 Å². The van der Waals surface area contributed by atoms with Crippen molar-refractivity contribution in [2.24, 2.45) is 0 Å². The Labute approximate surface area is 90.2 Å². The lowest BCUT2D eigenvalue weighted by Gasteiger charge is -2.10. The van der Waals surface area contributed by atoms with Crippen LogP contribution in [-0.2, 0) is 0 Å². The minimum atomic E-state index is -0.422. The Balaban J connectivity index is 0.00000225. The smallest absolute Gasteiger partial charge is 0.319 e. The van der Waals surface area contributed by atoms with Crippen LogP contribution in [0.1, 0.15) is 20.8 Å². The molecule has 1 aromatic rings. The van der Waals surface area contributed by atoms with Crippen LogP contribution in [0.4, 0.5) is 14.9 Å². The molecule has 4 heteroatoms. The van der Waals surface area contributed by atoms with Crippen molar-refractivity contribution in [3.8, 4) is 0 Å². The van der Waals surface area contributed by atoms with E-state index in [4.69, 9.17) is 0 Å². The van der Waals surface area contributed by atoms with Gasteiger partial charge >= 0.3 is 6.03 Å². The first-order valence-corrected chi connectivity index (χ1v) is 4.82. The molecule has 15 heavy (non-hydrogen) atoms. The normalized spacial score (nSPS) is 10.2. The summed E-state index contributed by atoms with van der Waals surface area (Å²) in [6, 6.07) is 4.30. The summed E-state index contributed by atoms with van der Waals surface area (Å²) < 4.78 is 13.3. The second kappa shape index (κ2) is 4.77. The standard InChI is InChI=1S/C11H15FN2O.H2/c1-7(2)13-11(15)14-10-5-4-8(3)6-9(10)12;/h4-7H,1-3H3,(H2,13,14,15);1H. The number of urea groups is 1. The van der Waals surface area contributed by atoms with E-state index < -0.39 is 11.8 Å². The largest absolute Gasteiger partial charge is 0.336 e. The number of halogens is 1. The molecule has 0 aliphatic heterocycles. The van der Waals surface area contributed by atoms with Crippen molar-refractivity contribution in [1.29, 1.82) is 0 Å². The summed E-state index contributed by atoms with van der Waals surface area (Å²) in [5, 5.41) is 5.06. The first-order valence-electron chi connectivity index (χ1n) is 4.82. The summed E-state index contributed by atoms with van der Waals surface area (Å²) in [6.07, 6.45) is 0. The third kappa shape index (κ3) is 3.58. The predicted octanol–water partition coefficient (Wildman–Crippen LogP) is 2.91. The van der Waals surface area contributed by atoms with Gasteiger partial charge in [0.05, 0.1) is 5.69 Å². The van der Waals surface area contributed by atoms with Crippen LogP contribution in [0, 0.1) is 12.7 Å². The number of hydrogen-bond donors (Lipinski definition) is 2. The Hall–Kier alpha value is -1.58. The van der Waals surface area contributed by atoms with Gasteiger partial charge in [0.15, 0.2) is 0 Å². The van der Waals surface area contributed by atoms with Crippen molar-refractivity contribution in [2.75, 3.05) is 5.32 Å². The lowest BCUT2D eigenvalue weighted by atomic mass is 10.2. The molecule has 0 spiro atoms. The SMILES string of the molecule is Cc1ccc(NC(=O)NC(C)C)c(F)c1.[HH]. The number of hydrogen-bond acceptors (Lipinski definition) is 1. The van der Waals surface area contributed by atoms with Gasteiger partial charge in [-0.25, -0.2) is 9.18 Å². The van der Waals surface area contributed by atoms with Gasteiger partial charge in [-0.2, -0.15) is 0 Å². The van der Waals surface area contributed by atoms with Gasteiger partial charge in [-0.3, -0.25) is 0 Å². The Morgan fingerprint density at radius 3 is 2.67 bits per heavy atom. The van der Waals surface area contributed by atoms with Gasteiger partial charge < -0.3 is 10.6 Å². The Morgan fingerprint density at radius 2 is 2.13 bits per heavy atom. The second-order valence-corrected chi connectivity index (χ2v) is 3.74. The molecular formula is C11H17FN2O. The van der Waals surface area contributed by atoms with E-state index in [1.165, 1.54) is 6.07 Å². The van der Waals surface area contributed by atoms with Crippen LogP contribution in [0.5, 0.6) is 0 Å². The molecule has 0 bridgehead atoms. The van der Waals surface area contributed by atoms with E-state index >= 15 is 0 Å². The minimum Gasteiger partial charge on any atom is -0.336 e. The molecule has 1 aromatic carbocycles. The Morgan fingerprint density at radius 1 is 1.47 bits per heavy atom. The zero-order valence-electron chi connectivity index (χ0n) is 9.10. The number of aryl methyl sites for hydroxylation is 1. The Kier molecular flexibility index (Phi) is 3.66. The highest BCUT2D eigenvalue weighted by atomic mass is 19.1. The maximum absolute atomic E-state index is 13.3. The number of nitrogens with one attached hydrogen (secondary N) is 2. The first-order chi connectivity index (χ1) is 6.99. The zero-order chi connectivity index (χ0) is 11.4. The van der Waals surface area contributed by atoms with Crippen LogP contribution in [0.2, 0.25) is 0 Å². The van der Waals surface area contributed by atoms with E-state index in [0.717, 1.165) is 5.56 Å². The highest BCUT2D eigenvalue weighted by Crippen LogP contribution is 2.14. The van der Waals surface area contributed by atoms with Crippen molar-refractivity contribution in [3.63, 3.8) is 0 Å². The van der Waals surface area contributed by atoms with Crippen LogP contribution in [0.25, 0.3) is 0 Å². The quantitative estimate of drug-likeness (QED) is 0.777. The third-order valence-corrected chi connectivity index (χ3v) is 1.79. The molecule has 0 aliphatic rings. The maximum Gasteiger partial charge on any atom is 0.319 e. The van der Waals surface area contributed by atoms with Gasteiger partial charge in [-0.05, 0) is 38.5 Å². The van der Waals surface area contributed by atoms with Crippen LogP contribution >= 0.6 is 0 Å². The molecule has 0 aliphatic carbocycles. The molecular weight excluding hydrogens is 195 g/mol. The fourth-order valence-electron chi connectivity index (χ4n) is 1.14. The lowest BCUT2D eigenvalue weighted by molar-refractivity contribution is 0.250. The van der Waals surface area contributed by atoms with Gasteiger partial charge in [0, 0.05) is 7.47 Å². The highest BCUT2D eigenvalue weighted by Gasteiger charge is 2.07. The number of carbonyl (C=O) groups excluding carboxylic acids is 1. The molecule has 0 atom stereocenters. The van der Waals surface area contributed by atoms with E-state index in [2.05, 4.69) is 10.6 Å². The van der Waals surface area contributed by atoms with E-state index in [-0.39, 0.29) is 13.2 Å². The van der Waals surface area contributed by atoms with E-state index in [0.29, 0.717) is 0 Å². The minimum absolute atomic E-state index is 0. The average molecular weight is 212 g/mol. The number of amides is 2. The van der Waals surface area contributed by atoms with Crippen LogP contribution in [0.3, 0.4) is 0 Å². The fourth-order valence-corrected chi connectivity index (χ4v) is 1.14. The summed E-state index contributed by atoms with van der Waals surface area (Å²) in [6.45, 7) is 5.47. The number of anilines is 1. The Bertz CT molecular complexity index is 369. The molecule has 3 nitrogen and oxygen atoms in total. The lowest BCUT2D eigenvalue weighted by Crippen LogP contribution is -2.34. The molecule has 0 aromatic heterocycles. The van der Waals surface area contributed by atoms with E-state index in [1.54, 1.807) is 19.1 Å². The summed E-state index contributed by atoms with van der Waals surface area (Å²) in [5.41, 5.74) is 1.01. The molecule has 0 saturated carbocycles. The van der Waals surface area contributed by atoms with Crippen molar-refractivity contribution in [2.45, 2.75) is 26.8 Å². The molecule has 0 saturated heterocycles. The van der Waals surface area contributed by atoms with Crippen molar-refractivity contribution in [1.82, 2.24) is 5.32 Å². The predicted molar refractivity (Wildman–Crippen MR) is 60.5 cm³/mol. The van der Waals surface area contributed by atoms with Gasteiger partial charge in [0.25, 0.3) is 0 Å². The number of rotatable bonds is 2. The highest BCUT2D eigenvalue weighted by molar-refractivity contribution is 5.89. The zero-order valence-corrected chi connectivity index (χ0v) is 9.10. The van der Waals surface area contributed by atoms with Crippen molar-refractivity contribution >= 4 is 11.7 Å². The number of benzene rings is 1. The molecule has 1 rings (SSSR count). The summed E-state index contributed by atoms with van der Waals surface area (Å²) in [4.78, 5) is 11.3. The molecule has 0 unspecified atom stereocenters. The molecule has 0 fully saturated rings. The second-order valence-electron chi connectivity index (χ2n) is 3.74. The molecule has 0 heterocycles. The first kappa shape index (κ1) is 11.5. The van der Waals surface area contributed by atoms with Crippen LogP contribution in [-0.4, -0.2) is 12.1 Å². The summed E-state index contributed by atoms with van der Waals surface area (Å²) in [5.74, 6) is -0.422. The maximum atomic E-state index is 13.3. The van der Waals surface area contributed by atoms with Gasteiger partial charge in [-0.1, -0.05) is 6.07 Å². The molecule has 2 amide bonds. The monoisotopic (exact) mass is 212 g/mol. The number of carbonyl (C=O) groups is 1. The van der Waals surface area contributed by atoms with Gasteiger partial charge in [0.1, 0.15) is 5.82 Å². The van der Waals surface area contributed by atoms with E-state index in [1.807, 2.05) is 13.8 Å². The van der Waals surface area contributed by atoms with Crippen LogP contribution < -0.4 is 10.6 Å². The van der Waals surface area contributed by atoms with Crippen molar-refractivity contribution < 1.29 is 10.6 Å². The van der Waals surface area contributed by atoms with Crippen LogP contribution in [0.15, 0.2) is 18.2 Å². The van der Waals surface area contributed by atoms with Gasteiger partial charge in [0.2, 0.25) is 0 Å². The molecule has 84 valence electrons. The van der Waals surface area contributed by atoms with Crippen molar-refractivity contribution in [3.05, 3.63) is 29.6 Å². The summed E-state index contributed by atoms with van der Waals surface area (Å²) in [7, 11) is 0.